The number of aliphatic carboxylic acids is 1. The number of amides is 2. The Hall–Kier alpha value is -3.90. The fraction of sp³-hybridized carbons (Fsp3) is 0.346. The molecule has 12 heteroatoms. The van der Waals surface area contributed by atoms with Crippen molar-refractivity contribution in [3.63, 3.8) is 0 Å². The second-order valence-corrected chi connectivity index (χ2v) is 10.8. The quantitative estimate of drug-likeness (QED) is 0.218. The fourth-order valence-electron chi connectivity index (χ4n) is 5.11. The number of nitrogens with one attached hydrogen (secondary N) is 1. The average Bonchev–Trinajstić information content (AvgIpc) is 3.15. The number of carbonyl (C=O) groups is 3. The minimum Gasteiger partial charge on any atom is -0.477 e. The van der Waals surface area contributed by atoms with Gasteiger partial charge in [0, 0.05) is 30.3 Å². The van der Waals surface area contributed by atoms with E-state index in [1.807, 2.05) is 30.3 Å². The summed E-state index contributed by atoms with van der Waals surface area (Å²) < 4.78 is 13.5. The molecular formula is C26H27N3O8S. The predicted molar refractivity (Wildman–Crippen MR) is 137 cm³/mol. The molecule has 4 rings (SSSR count). The van der Waals surface area contributed by atoms with Gasteiger partial charge in [-0.3, -0.25) is 23.9 Å². The molecule has 0 radical (unpaired) electrons. The third-order valence-corrected chi connectivity index (χ3v) is 8.36. The summed E-state index contributed by atoms with van der Waals surface area (Å²) >= 11 is 0. The number of benzene rings is 2. The number of aliphatic hydroxyl groups excluding tert-OH is 1. The monoisotopic (exact) mass is 541 g/mol. The van der Waals surface area contributed by atoms with E-state index in [-0.39, 0.29) is 47.3 Å². The Labute approximate surface area is 220 Å². The van der Waals surface area contributed by atoms with E-state index in [1.165, 1.54) is 31.2 Å². The van der Waals surface area contributed by atoms with Gasteiger partial charge in [-0.15, -0.1) is 0 Å². The van der Waals surface area contributed by atoms with Crippen molar-refractivity contribution >= 4 is 34.3 Å². The molecular weight excluding hydrogens is 514 g/mol. The Morgan fingerprint density at radius 3 is 2.37 bits per heavy atom. The van der Waals surface area contributed by atoms with E-state index in [4.69, 9.17) is 0 Å². The van der Waals surface area contributed by atoms with Crippen LogP contribution in [-0.4, -0.2) is 66.5 Å². The third kappa shape index (κ3) is 5.36. The summed E-state index contributed by atoms with van der Waals surface area (Å²) in [6, 6.07) is 14.1. The molecule has 0 spiro atoms. The molecule has 2 amide bonds. The highest BCUT2D eigenvalue weighted by Gasteiger charge is 2.61. The number of hydrogen-bond acceptors (Lipinski definition) is 7. The lowest BCUT2D eigenvalue weighted by Crippen LogP contribution is -2.64. The lowest BCUT2D eigenvalue weighted by molar-refractivity contribution is -0.384. The molecule has 0 aromatic heterocycles. The zero-order valence-electron chi connectivity index (χ0n) is 20.5. The Morgan fingerprint density at radius 1 is 1.13 bits per heavy atom. The number of nitro groups is 1. The standard InChI is InChI=1S/C26H27N3O8S/c1-15(30)21-22-19(13-17-7-9-18(10-8-17)29(35)36)24(23(26(33)34)28(22)25(21)32)38(37)12-11-27-20(31)14-16-5-3-2-4-6-16/h2-10,15,19,21-22,30H,11-14H2,1H3,(H,27,31)(H,33,34). The van der Waals surface area contributed by atoms with Crippen molar-refractivity contribution in [1.82, 2.24) is 10.2 Å². The van der Waals surface area contributed by atoms with Crippen LogP contribution in [0.25, 0.3) is 0 Å². The van der Waals surface area contributed by atoms with Crippen molar-refractivity contribution in [2.24, 2.45) is 11.8 Å². The van der Waals surface area contributed by atoms with Crippen LogP contribution < -0.4 is 5.32 Å². The lowest BCUT2D eigenvalue weighted by Gasteiger charge is -2.47. The fourth-order valence-corrected chi connectivity index (χ4v) is 6.57. The van der Waals surface area contributed by atoms with Crippen molar-refractivity contribution in [2.75, 3.05) is 12.3 Å². The highest BCUT2D eigenvalue weighted by molar-refractivity contribution is 7.89. The van der Waals surface area contributed by atoms with Crippen LogP contribution in [0, 0.1) is 22.0 Å². The first-order valence-electron chi connectivity index (χ1n) is 12.0. The van der Waals surface area contributed by atoms with Gasteiger partial charge in [0.05, 0.1) is 45.1 Å². The summed E-state index contributed by atoms with van der Waals surface area (Å²) in [5.41, 5.74) is 0.964. The average molecular weight is 542 g/mol. The summed E-state index contributed by atoms with van der Waals surface area (Å²) in [6.07, 6.45) is -0.753. The molecule has 0 aliphatic carbocycles. The maximum absolute atomic E-state index is 13.5. The lowest BCUT2D eigenvalue weighted by atomic mass is 9.76. The number of hydrogen-bond donors (Lipinski definition) is 3. The summed E-state index contributed by atoms with van der Waals surface area (Å²) in [5.74, 6) is -3.87. The maximum atomic E-state index is 13.5. The van der Waals surface area contributed by atoms with Crippen LogP contribution in [0.5, 0.6) is 0 Å². The Kier molecular flexibility index (Phi) is 8.02. The minimum absolute atomic E-state index is 0.0252. The first-order chi connectivity index (χ1) is 18.1. The minimum atomic E-state index is -1.87. The molecule has 5 unspecified atom stereocenters. The molecule has 1 fully saturated rings. The van der Waals surface area contributed by atoms with Gasteiger partial charge in [0.25, 0.3) is 5.69 Å². The molecule has 2 aliphatic heterocycles. The van der Waals surface area contributed by atoms with Crippen LogP contribution in [0.15, 0.2) is 65.2 Å². The highest BCUT2D eigenvalue weighted by Crippen LogP contribution is 2.49. The second kappa shape index (κ2) is 11.2. The Bertz CT molecular complexity index is 1310. The topological polar surface area (TPSA) is 167 Å². The number of fused-ring (bicyclic) bond motifs is 1. The number of carbonyl (C=O) groups excluding carboxylic acids is 2. The molecule has 2 aromatic carbocycles. The molecule has 0 bridgehead atoms. The van der Waals surface area contributed by atoms with Crippen LogP contribution in [0.4, 0.5) is 5.69 Å². The molecule has 3 N–H and O–H groups in total. The molecule has 2 aromatic rings. The largest absolute Gasteiger partial charge is 0.477 e. The molecule has 38 heavy (non-hydrogen) atoms. The molecule has 200 valence electrons. The van der Waals surface area contributed by atoms with Crippen molar-refractivity contribution in [3.8, 4) is 0 Å². The maximum Gasteiger partial charge on any atom is 0.353 e. The number of carboxylic acids is 1. The van der Waals surface area contributed by atoms with Crippen LogP contribution >= 0.6 is 0 Å². The summed E-state index contributed by atoms with van der Waals surface area (Å²) in [7, 11) is -1.87. The smallest absolute Gasteiger partial charge is 0.353 e. The zero-order valence-corrected chi connectivity index (χ0v) is 21.3. The number of nitro benzene ring substituents is 1. The second-order valence-electron chi connectivity index (χ2n) is 9.28. The summed E-state index contributed by atoms with van der Waals surface area (Å²) in [5, 5.41) is 33.9. The number of rotatable bonds is 11. The van der Waals surface area contributed by atoms with E-state index in [0.717, 1.165) is 10.5 Å². The van der Waals surface area contributed by atoms with Crippen molar-refractivity contribution in [3.05, 3.63) is 86.4 Å². The number of nitrogens with zero attached hydrogens (tertiary/aromatic N) is 2. The van der Waals surface area contributed by atoms with Gasteiger partial charge in [0.2, 0.25) is 11.8 Å². The number of non-ortho nitro benzene ring substituents is 1. The van der Waals surface area contributed by atoms with Crippen molar-refractivity contribution < 1.29 is 33.7 Å². The summed E-state index contributed by atoms with van der Waals surface area (Å²) in [4.78, 5) is 49.0. The molecule has 2 heterocycles. The number of β-lactam (4-membered cyclic amide) rings is 1. The SMILES string of the molecule is CC(O)C1C(=O)N2C(C(=O)O)=C(S(=O)CCNC(=O)Cc3ccccc3)C(Cc3ccc([N+](=O)[O-])cc3)C12. The van der Waals surface area contributed by atoms with Crippen LogP contribution in [-0.2, 0) is 38.0 Å². The number of aliphatic hydroxyl groups is 1. The Balaban J connectivity index is 1.56. The summed E-state index contributed by atoms with van der Waals surface area (Å²) in [6.45, 7) is 1.47. The van der Waals surface area contributed by atoms with Crippen molar-refractivity contribution in [2.45, 2.75) is 31.9 Å². The van der Waals surface area contributed by atoms with Gasteiger partial charge in [0.15, 0.2) is 0 Å². The first kappa shape index (κ1) is 27.1. The van der Waals surface area contributed by atoms with E-state index in [0.29, 0.717) is 5.56 Å². The van der Waals surface area contributed by atoms with E-state index < -0.39 is 51.6 Å². The predicted octanol–water partition coefficient (Wildman–Crippen LogP) is 1.38. The van der Waals surface area contributed by atoms with E-state index in [9.17, 15) is 38.9 Å². The van der Waals surface area contributed by atoms with Crippen LogP contribution in [0.1, 0.15) is 18.1 Å². The number of carboxylic acid groups (broad SMARTS) is 1. The van der Waals surface area contributed by atoms with E-state index in [1.54, 1.807) is 0 Å². The van der Waals surface area contributed by atoms with Gasteiger partial charge in [-0.25, -0.2) is 4.79 Å². The normalized spacial score (nSPS) is 21.9. The molecule has 11 nitrogen and oxygen atoms in total. The first-order valence-corrected chi connectivity index (χ1v) is 13.3. The molecule has 0 saturated carbocycles. The van der Waals surface area contributed by atoms with E-state index in [2.05, 4.69) is 5.32 Å². The van der Waals surface area contributed by atoms with Gasteiger partial charge >= 0.3 is 5.97 Å². The van der Waals surface area contributed by atoms with Gasteiger partial charge in [-0.2, -0.15) is 0 Å². The molecule has 1 saturated heterocycles. The van der Waals surface area contributed by atoms with Gasteiger partial charge in [-0.05, 0) is 24.5 Å². The van der Waals surface area contributed by atoms with Crippen LogP contribution in [0.2, 0.25) is 0 Å². The van der Waals surface area contributed by atoms with Crippen LogP contribution in [0.3, 0.4) is 0 Å². The third-order valence-electron chi connectivity index (χ3n) is 6.80. The Morgan fingerprint density at radius 2 is 1.79 bits per heavy atom. The zero-order chi connectivity index (χ0) is 27.6. The van der Waals surface area contributed by atoms with Gasteiger partial charge < -0.3 is 20.4 Å². The highest BCUT2D eigenvalue weighted by atomic mass is 32.2. The van der Waals surface area contributed by atoms with E-state index >= 15 is 0 Å². The van der Waals surface area contributed by atoms with Gasteiger partial charge in [0.1, 0.15) is 5.70 Å². The van der Waals surface area contributed by atoms with Crippen molar-refractivity contribution in [1.29, 1.82) is 0 Å². The molecule has 5 atom stereocenters. The molecule has 2 aliphatic rings. The van der Waals surface area contributed by atoms with Gasteiger partial charge in [-0.1, -0.05) is 42.5 Å².